The van der Waals surface area contributed by atoms with Crippen molar-refractivity contribution in [2.75, 3.05) is 50.4 Å². The predicted molar refractivity (Wildman–Crippen MR) is 81.2 cm³/mol. The Kier molecular flexibility index (Phi) is 5.58. The van der Waals surface area contributed by atoms with E-state index in [-0.39, 0.29) is 0 Å². The second-order valence-corrected chi connectivity index (χ2v) is 5.40. The van der Waals surface area contributed by atoms with Crippen molar-refractivity contribution >= 4 is 34.6 Å². The second-order valence-electron chi connectivity index (χ2n) is 4.59. The van der Waals surface area contributed by atoms with Crippen molar-refractivity contribution < 1.29 is 4.74 Å². The minimum absolute atomic E-state index is 0.484. The minimum Gasteiger partial charge on any atom is -0.397 e. The molecular weight excluding hydrogens is 285 g/mol. The number of nitrogens with two attached hydrogens (primary N) is 1. The number of hydrogen-bond acceptors (Lipinski definition) is 4. The zero-order valence-corrected chi connectivity index (χ0v) is 12.3. The third kappa shape index (κ3) is 4.42. The Morgan fingerprint density at radius 3 is 2.63 bits per heavy atom. The van der Waals surface area contributed by atoms with Crippen molar-refractivity contribution in [3.05, 3.63) is 22.2 Å². The van der Waals surface area contributed by atoms with Crippen LogP contribution in [0.15, 0.2) is 12.1 Å². The maximum atomic E-state index is 5.97. The molecule has 1 saturated heterocycles. The van der Waals surface area contributed by atoms with Crippen LogP contribution in [-0.2, 0) is 4.74 Å². The molecule has 3 N–H and O–H groups in total. The molecule has 0 bridgehead atoms. The molecule has 106 valence electrons. The van der Waals surface area contributed by atoms with E-state index in [4.69, 9.17) is 33.7 Å². The van der Waals surface area contributed by atoms with Crippen LogP contribution in [0.25, 0.3) is 0 Å². The van der Waals surface area contributed by atoms with Gasteiger partial charge >= 0.3 is 0 Å². The molecule has 0 unspecified atom stereocenters. The van der Waals surface area contributed by atoms with Crippen LogP contribution in [0.3, 0.4) is 0 Å². The predicted octanol–water partition coefficient (Wildman–Crippen LogP) is 2.71. The second kappa shape index (κ2) is 7.20. The van der Waals surface area contributed by atoms with E-state index in [9.17, 15) is 0 Å². The first-order valence-corrected chi connectivity index (χ1v) is 7.21. The summed E-state index contributed by atoms with van der Waals surface area (Å²) in [5, 5.41) is 4.30. The molecule has 0 radical (unpaired) electrons. The zero-order chi connectivity index (χ0) is 13.7. The normalized spacial score (nSPS) is 16.5. The Morgan fingerprint density at radius 1 is 1.21 bits per heavy atom. The smallest absolute Gasteiger partial charge is 0.0614 e. The van der Waals surface area contributed by atoms with Crippen LogP contribution < -0.4 is 11.1 Å². The maximum Gasteiger partial charge on any atom is 0.0614 e. The Morgan fingerprint density at radius 2 is 1.89 bits per heavy atom. The molecule has 1 heterocycles. The Hall–Kier alpha value is -0.680. The fraction of sp³-hybridized carbons (Fsp3) is 0.538. The Labute approximate surface area is 123 Å². The molecule has 0 aliphatic carbocycles. The Balaban J connectivity index is 1.74. The SMILES string of the molecule is Nc1cc(Cl)c(Cl)cc1NCCCN1CCOCC1. The minimum atomic E-state index is 0.484. The van der Waals surface area contributed by atoms with Gasteiger partial charge in [0.1, 0.15) is 0 Å². The summed E-state index contributed by atoms with van der Waals surface area (Å²) in [4.78, 5) is 2.41. The zero-order valence-electron chi connectivity index (χ0n) is 10.8. The van der Waals surface area contributed by atoms with E-state index in [0.29, 0.717) is 15.7 Å². The first kappa shape index (κ1) is 14.7. The highest BCUT2D eigenvalue weighted by atomic mass is 35.5. The molecule has 19 heavy (non-hydrogen) atoms. The molecule has 1 aromatic rings. The molecule has 1 aliphatic heterocycles. The van der Waals surface area contributed by atoms with Crippen LogP contribution in [0.1, 0.15) is 6.42 Å². The van der Waals surface area contributed by atoms with Crippen molar-refractivity contribution in [1.82, 2.24) is 4.90 Å². The van der Waals surface area contributed by atoms with Gasteiger partial charge < -0.3 is 15.8 Å². The van der Waals surface area contributed by atoms with Gasteiger partial charge in [-0.05, 0) is 25.1 Å². The third-order valence-corrected chi connectivity index (χ3v) is 3.88. The van der Waals surface area contributed by atoms with Gasteiger partial charge in [-0.1, -0.05) is 23.2 Å². The third-order valence-electron chi connectivity index (χ3n) is 3.16. The lowest BCUT2D eigenvalue weighted by molar-refractivity contribution is 0.0378. The first-order chi connectivity index (χ1) is 9.16. The van der Waals surface area contributed by atoms with E-state index >= 15 is 0 Å². The van der Waals surface area contributed by atoms with E-state index in [1.807, 2.05) is 0 Å². The van der Waals surface area contributed by atoms with Crippen molar-refractivity contribution in [2.45, 2.75) is 6.42 Å². The van der Waals surface area contributed by atoms with E-state index < -0.39 is 0 Å². The summed E-state index contributed by atoms with van der Waals surface area (Å²) in [5.41, 5.74) is 7.35. The lowest BCUT2D eigenvalue weighted by Crippen LogP contribution is -2.37. The number of halogens is 2. The summed E-state index contributed by atoms with van der Waals surface area (Å²) in [6.07, 6.45) is 1.06. The summed E-state index contributed by atoms with van der Waals surface area (Å²) in [7, 11) is 0. The summed E-state index contributed by atoms with van der Waals surface area (Å²) < 4.78 is 5.31. The van der Waals surface area contributed by atoms with E-state index in [2.05, 4.69) is 10.2 Å². The number of morpholine rings is 1. The highest BCUT2D eigenvalue weighted by molar-refractivity contribution is 6.42. The number of benzene rings is 1. The van der Waals surface area contributed by atoms with Crippen molar-refractivity contribution in [3.63, 3.8) is 0 Å². The molecule has 6 heteroatoms. The number of nitrogens with one attached hydrogen (secondary N) is 1. The highest BCUT2D eigenvalue weighted by Gasteiger charge is 2.09. The van der Waals surface area contributed by atoms with Crippen LogP contribution in [0, 0.1) is 0 Å². The van der Waals surface area contributed by atoms with Crippen molar-refractivity contribution in [3.8, 4) is 0 Å². The average molecular weight is 304 g/mol. The first-order valence-electron chi connectivity index (χ1n) is 6.45. The average Bonchev–Trinajstić information content (AvgIpc) is 2.41. The number of hydrogen-bond donors (Lipinski definition) is 2. The molecule has 0 amide bonds. The summed E-state index contributed by atoms with van der Waals surface area (Å²) in [6, 6.07) is 3.45. The van der Waals surface area contributed by atoms with Crippen LogP contribution in [0.5, 0.6) is 0 Å². The van der Waals surface area contributed by atoms with Gasteiger partial charge in [-0.3, -0.25) is 4.90 Å². The fourth-order valence-electron chi connectivity index (χ4n) is 2.07. The molecule has 2 rings (SSSR count). The van der Waals surface area contributed by atoms with Crippen LogP contribution in [0.2, 0.25) is 10.0 Å². The summed E-state index contributed by atoms with van der Waals surface area (Å²) in [6.45, 7) is 5.65. The lowest BCUT2D eigenvalue weighted by atomic mass is 10.2. The number of nitrogens with zero attached hydrogens (tertiary/aromatic N) is 1. The van der Waals surface area contributed by atoms with Crippen LogP contribution >= 0.6 is 23.2 Å². The molecule has 0 atom stereocenters. The molecule has 1 aromatic carbocycles. The standard InChI is InChI=1S/C13H19Cl2N3O/c14-10-8-12(16)13(9-11(10)15)17-2-1-3-18-4-6-19-7-5-18/h8-9,17H,1-7,16H2. The topological polar surface area (TPSA) is 50.5 Å². The van der Waals surface area contributed by atoms with Gasteiger partial charge in [-0.25, -0.2) is 0 Å². The van der Waals surface area contributed by atoms with E-state index in [1.54, 1.807) is 12.1 Å². The molecule has 1 aliphatic rings. The number of anilines is 2. The van der Waals surface area contributed by atoms with E-state index in [0.717, 1.165) is 51.5 Å². The number of nitrogen functional groups attached to an aromatic ring is 1. The molecule has 1 fully saturated rings. The maximum absolute atomic E-state index is 5.97. The Bertz CT molecular complexity index is 423. The molecular formula is C13H19Cl2N3O. The monoisotopic (exact) mass is 303 g/mol. The van der Waals surface area contributed by atoms with Gasteiger partial charge in [-0.15, -0.1) is 0 Å². The molecule has 4 nitrogen and oxygen atoms in total. The van der Waals surface area contributed by atoms with Gasteiger partial charge in [0.2, 0.25) is 0 Å². The molecule has 0 saturated carbocycles. The number of ether oxygens (including phenoxy) is 1. The lowest BCUT2D eigenvalue weighted by Gasteiger charge is -2.26. The highest BCUT2D eigenvalue weighted by Crippen LogP contribution is 2.30. The van der Waals surface area contributed by atoms with Gasteiger partial charge in [0.15, 0.2) is 0 Å². The largest absolute Gasteiger partial charge is 0.397 e. The molecule has 0 aromatic heterocycles. The van der Waals surface area contributed by atoms with Gasteiger partial charge in [0.05, 0.1) is 34.6 Å². The van der Waals surface area contributed by atoms with Crippen molar-refractivity contribution in [2.24, 2.45) is 0 Å². The van der Waals surface area contributed by atoms with Gasteiger partial charge in [0, 0.05) is 19.6 Å². The molecule has 0 spiro atoms. The van der Waals surface area contributed by atoms with Crippen LogP contribution in [0.4, 0.5) is 11.4 Å². The summed E-state index contributed by atoms with van der Waals surface area (Å²) in [5.74, 6) is 0. The van der Waals surface area contributed by atoms with Gasteiger partial charge in [0.25, 0.3) is 0 Å². The fourth-order valence-corrected chi connectivity index (χ4v) is 2.40. The summed E-state index contributed by atoms with van der Waals surface area (Å²) >= 11 is 11.9. The van der Waals surface area contributed by atoms with E-state index in [1.165, 1.54) is 0 Å². The van der Waals surface area contributed by atoms with Crippen LogP contribution in [-0.4, -0.2) is 44.3 Å². The van der Waals surface area contributed by atoms with Crippen molar-refractivity contribution in [1.29, 1.82) is 0 Å². The number of rotatable bonds is 5. The quantitative estimate of drug-likeness (QED) is 0.649. The van der Waals surface area contributed by atoms with Gasteiger partial charge in [-0.2, -0.15) is 0 Å².